The number of carbonyl (C=O) groups excluding carboxylic acids is 1. The molecule has 9 heteroatoms. The summed E-state index contributed by atoms with van der Waals surface area (Å²) in [6.45, 7) is 4.67. The molecule has 0 rings (SSSR count). The molecule has 0 heterocycles. The van der Waals surface area contributed by atoms with Crippen LogP contribution in [0.4, 0.5) is 0 Å². The molecule has 0 aromatic carbocycles. The number of hydrogen-bond donors (Lipinski definition) is 2. The number of nitrogens with zero attached hydrogens (tertiary/aromatic N) is 1. The molecule has 61 heavy (non-hydrogen) atoms. The first-order valence-corrected chi connectivity index (χ1v) is 27.7. The summed E-state index contributed by atoms with van der Waals surface area (Å²) in [4.78, 5) is 25.4. The smallest absolute Gasteiger partial charge is 0.268 e. The summed E-state index contributed by atoms with van der Waals surface area (Å²) < 4.78 is 23.3. The summed E-state index contributed by atoms with van der Waals surface area (Å²) in [5, 5.41) is 13.9. The highest BCUT2D eigenvalue weighted by Crippen LogP contribution is 2.38. The Morgan fingerprint density at radius 2 is 0.902 bits per heavy atom. The number of quaternary nitrogens is 1. The largest absolute Gasteiger partial charge is 0.756 e. The van der Waals surface area contributed by atoms with E-state index in [-0.39, 0.29) is 19.1 Å². The third-order valence-corrected chi connectivity index (χ3v) is 12.9. The quantitative estimate of drug-likeness (QED) is 0.0273. The van der Waals surface area contributed by atoms with Gasteiger partial charge in [0.05, 0.1) is 39.9 Å². The van der Waals surface area contributed by atoms with Crippen molar-refractivity contribution in [2.75, 3.05) is 40.9 Å². The van der Waals surface area contributed by atoms with Crippen LogP contribution in [0.5, 0.6) is 0 Å². The van der Waals surface area contributed by atoms with E-state index >= 15 is 0 Å². The van der Waals surface area contributed by atoms with E-state index in [1.54, 1.807) is 6.08 Å². The summed E-state index contributed by atoms with van der Waals surface area (Å²) in [6, 6.07) is -0.886. The molecule has 0 spiro atoms. The van der Waals surface area contributed by atoms with Gasteiger partial charge in [0.25, 0.3) is 7.82 Å². The SMILES string of the molecule is CCCCCCCC/C=C\CCCCCCCCCC(=O)NC(COP(=O)([O-])OCC[N+](C)(C)C)C(O)/C=C/CCCCCCCCCCCCCCCCCCCCCC. The number of phosphoric acid groups is 1. The van der Waals surface area contributed by atoms with E-state index in [0.717, 1.165) is 38.5 Å². The molecule has 0 saturated heterocycles. The number of aliphatic hydroxyl groups excluding tert-OH is 1. The maximum Gasteiger partial charge on any atom is 0.268 e. The molecule has 3 atom stereocenters. The lowest BCUT2D eigenvalue weighted by molar-refractivity contribution is -0.870. The second kappa shape index (κ2) is 44.2. The van der Waals surface area contributed by atoms with Crippen LogP contribution in [0, 0.1) is 0 Å². The second-order valence-electron chi connectivity index (χ2n) is 19.2. The van der Waals surface area contributed by atoms with Gasteiger partial charge < -0.3 is 28.8 Å². The Balaban J connectivity index is 4.28. The molecule has 0 aromatic heterocycles. The molecule has 8 nitrogen and oxygen atoms in total. The molecule has 0 aliphatic carbocycles. The predicted octanol–water partition coefficient (Wildman–Crippen LogP) is 14.6. The predicted molar refractivity (Wildman–Crippen MR) is 261 cm³/mol. The maximum atomic E-state index is 12.9. The van der Waals surface area contributed by atoms with Crippen LogP contribution < -0.4 is 10.2 Å². The standard InChI is InChI=1S/C52H103N2O6P/c1-6-8-10-12-14-16-18-20-22-24-25-26-27-28-30-31-33-35-37-39-41-43-45-51(55)50(49-60-61(57,58)59-48-47-54(3,4)5)53-52(56)46-44-42-40-38-36-34-32-29-23-21-19-17-15-13-11-9-7-2/h21,23,43,45,50-51,55H,6-20,22,24-42,44,46-49H2,1-5H3,(H-,53,56,57,58)/b23-21-,45-43+. The second-order valence-corrected chi connectivity index (χ2v) is 20.6. The van der Waals surface area contributed by atoms with E-state index in [2.05, 4.69) is 31.3 Å². The summed E-state index contributed by atoms with van der Waals surface area (Å²) in [6.07, 6.45) is 53.7. The first-order chi connectivity index (χ1) is 29.5. The third-order valence-electron chi connectivity index (χ3n) is 11.9. The highest BCUT2D eigenvalue weighted by Gasteiger charge is 2.23. The molecule has 0 bridgehead atoms. The van der Waals surface area contributed by atoms with E-state index in [1.165, 1.54) is 193 Å². The molecule has 1 amide bonds. The van der Waals surface area contributed by atoms with E-state index in [4.69, 9.17) is 9.05 Å². The van der Waals surface area contributed by atoms with Gasteiger partial charge >= 0.3 is 0 Å². The van der Waals surface area contributed by atoms with Crippen LogP contribution in [-0.4, -0.2) is 68.5 Å². The van der Waals surface area contributed by atoms with Gasteiger partial charge in [-0.1, -0.05) is 224 Å². The van der Waals surface area contributed by atoms with Crippen molar-refractivity contribution in [3.63, 3.8) is 0 Å². The maximum absolute atomic E-state index is 12.9. The first-order valence-electron chi connectivity index (χ1n) is 26.2. The van der Waals surface area contributed by atoms with Crippen LogP contribution >= 0.6 is 7.82 Å². The molecular formula is C52H103N2O6P. The Hall–Kier alpha value is -1.02. The monoisotopic (exact) mass is 883 g/mol. The zero-order valence-electron chi connectivity index (χ0n) is 41.1. The average molecular weight is 883 g/mol. The molecule has 3 unspecified atom stereocenters. The van der Waals surface area contributed by atoms with Crippen molar-refractivity contribution in [3.05, 3.63) is 24.3 Å². The molecular weight excluding hydrogens is 780 g/mol. The molecule has 362 valence electrons. The Kier molecular flexibility index (Phi) is 43.5. The summed E-state index contributed by atoms with van der Waals surface area (Å²) in [5.74, 6) is -0.199. The number of likely N-dealkylation sites (N-methyl/N-ethyl adjacent to an activating group) is 1. The molecule has 0 aliphatic rings. The number of phosphoric ester groups is 1. The van der Waals surface area contributed by atoms with Crippen molar-refractivity contribution >= 4 is 13.7 Å². The topological polar surface area (TPSA) is 108 Å². The van der Waals surface area contributed by atoms with Gasteiger partial charge in [0.2, 0.25) is 5.91 Å². The molecule has 0 aliphatic heterocycles. The average Bonchev–Trinajstić information content (AvgIpc) is 3.21. The Labute approximate surface area is 379 Å². The Morgan fingerprint density at radius 1 is 0.557 bits per heavy atom. The van der Waals surface area contributed by atoms with Crippen molar-refractivity contribution < 1.29 is 32.9 Å². The van der Waals surface area contributed by atoms with Crippen LogP contribution in [0.15, 0.2) is 24.3 Å². The van der Waals surface area contributed by atoms with Crippen molar-refractivity contribution in [2.45, 2.75) is 264 Å². The number of allylic oxidation sites excluding steroid dienone is 3. The minimum atomic E-state index is -4.59. The zero-order valence-corrected chi connectivity index (χ0v) is 42.0. The Morgan fingerprint density at radius 3 is 1.28 bits per heavy atom. The van der Waals surface area contributed by atoms with Crippen LogP contribution in [0.3, 0.4) is 0 Å². The highest BCUT2D eigenvalue weighted by atomic mass is 31.2. The number of carbonyl (C=O) groups is 1. The fraction of sp³-hybridized carbons (Fsp3) is 0.904. The molecule has 2 N–H and O–H groups in total. The first kappa shape index (κ1) is 60.0. The van der Waals surface area contributed by atoms with E-state index in [0.29, 0.717) is 17.4 Å². The number of aliphatic hydroxyl groups is 1. The summed E-state index contributed by atoms with van der Waals surface area (Å²) in [5.41, 5.74) is 0. The zero-order chi connectivity index (χ0) is 45.0. The summed E-state index contributed by atoms with van der Waals surface area (Å²) >= 11 is 0. The van der Waals surface area contributed by atoms with Gasteiger partial charge in [-0.05, 0) is 44.9 Å². The van der Waals surface area contributed by atoms with Crippen LogP contribution in [0.25, 0.3) is 0 Å². The van der Waals surface area contributed by atoms with Gasteiger partial charge in [0.15, 0.2) is 0 Å². The summed E-state index contributed by atoms with van der Waals surface area (Å²) in [7, 11) is 1.27. The van der Waals surface area contributed by atoms with E-state index in [1.807, 2.05) is 27.2 Å². The number of hydrogen-bond acceptors (Lipinski definition) is 6. The fourth-order valence-electron chi connectivity index (χ4n) is 7.74. The van der Waals surface area contributed by atoms with Crippen molar-refractivity contribution in [2.24, 2.45) is 0 Å². The van der Waals surface area contributed by atoms with E-state index in [9.17, 15) is 19.4 Å². The molecule has 0 aromatic rings. The van der Waals surface area contributed by atoms with Crippen LogP contribution in [-0.2, 0) is 18.4 Å². The fourth-order valence-corrected chi connectivity index (χ4v) is 8.46. The number of unbranched alkanes of at least 4 members (excludes halogenated alkanes) is 33. The minimum Gasteiger partial charge on any atom is -0.756 e. The van der Waals surface area contributed by atoms with Crippen molar-refractivity contribution in [1.82, 2.24) is 5.32 Å². The van der Waals surface area contributed by atoms with Gasteiger partial charge in [-0.2, -0.15) is 0 Å². The van der Waals surface area contributed by atoms with Gasteiger partial charge in [-0.3, -0.25) is 9.36 Å². The third kappa shape index (κ3) is 46.8. The molecule has 0 fully saturated rings. The highest BCUT2D eigenvalue weighted by molar-refractivity contribution is 7.45. The number of rotatable bonds is 48. The van der Waals surface area contributed by atoms with Gasteiger partial charge in [0, 0.05) is 6.42 Å². The molecule has 0 saturated carbocycles. The lowest BCUT2D eigenvalue weighted by atomic mass is 10.0. The molecule has 0 radical (unpaired) electrons. The van der Waals surface area contributed by atoms with Crippen molar-refractivity contribution in [3.8, 4) is 0 Å². The number of nitrogens with one attached hydrogen (secondary N) is 1. The normalized spacial score (nSPS) is 14.3. The van der Waals surface area contributed by atoms with Crippen molar-refractivity contribution in [1.29, 1.82) is 0 Å². The van der Waals surface area contributed by atoms with Crippen LogP contribution in [0.2, 0.25) is 0 Å². The van der Waals surface area contributed by atoms with E-state index < -0.39 is 20.0 Å². The van der Waals surface area contributed by atoms with Crippen LogP contribution in [0.1, 0.15) is 251 Å². The van der Waals surface area contributed by atoms with Gasteiger partial charge in [0.1, 0.15) is 13.2 Å². The van der Waals surface area contributed by atoms with Gasteiger partial charge in [-0.25, -0.2) is 0 Å². The minimum absolute atomic E-state index is 0.000404. The lowest BCUT2D eigenvalue weighted by Gasteiger charge is -2.29. The lowest BCUT2D eigenvalue weighted by Crippen LogP contribution is -2.45. The number of amides is 1. The van der Waals surface area contributed by atoms with Gasteiger partial charge in [-0.15, -0.1) is 0 Å². The Bertz CT molecular complexity index is 1050.